The number of thiophene rings is 1. The molecule has 0 bridgehead atoms. The first-order valence-corrected chi connectivity index (χ1v) is 22.1. The molecule has 8 aromatic carbocycles. The number of nitrogens with zero attached hydrogens (tertiary/aromatic N) is 7. The number of anilines is 3. The summed E-state index contributed by atoms with van der Waals surface area (Å²) in [5.41, 5.74) is 10.1. The Morgan fingerprint density at radius 1 is 0.391 bits per heavy atom. The van der Waals surface area contributed by atoms with Crippen molar-refractivity contribution in [3.63, 3.8) is 0 Å². The topological polar surface area (TPSA) is 64.7 Å². The molecule has 13 aromatic rings. The Morgan fingerprint density at radius 2 is 0.969 bits per heavy atom. The van der Waals surface area contributed by atoms with Crippen molar-refractivity contribution in [1.82, 2.24) is 29.1 Å². The van der Waals surface area contributed by atoms with E-state index < -0.39 is 0 Å². The van der Waals surface area contributed by atoms with Crippen LogP contribution in [0.1, 0.15) is 0 Å². The Labute approximate surface area is 371 Å². The summed E-state index contributed by atoms with van der Waals surface area (Å²) in [6, 6.07) is 74.2. The standard InChI is InChI=1S/C56H35N7S/c1-5-17-36(18-6-1)54-58-55(37-19-7-2-8-20-37)60-56(59-54)63-45-27-15-13-25-41(45)44-35-40(29-31-46(44)63)62-47-32-34-50(61(38-21-9-3-10-22-38)39-23-11-4-12-24-39)57-52(47)43-30-33-49-51(53(43)62)42-26-14-16-28-48(42)64-49/h1-35H. The third-order valence-corrected chi connectivity index (χ3v) is 13.3. The van der Waals surface area contributed by atoms with Gasteiger partial charge in [-0.15, -0.1) is 11.3 Å². The second-order valence-corrected chi connectivity index (χ2v) is 17.0. The van der Waals surface area contributed by atoms with Gasteiger partial charge in [-0.3, -0.25) is 9.47 Å². The molecule has 0 saturated carbocycles. The maximum Gasteiger partial charge on any atom is 0.238 e. The number of pyridine rings is 1. The van der Waals surface area contributed by atoms with Crippen LogP contribution in [0.25, 0.3) is 98.3 Å². The summed E-state index contributed by atoms with van der Waals surface area (Å²) in [6.07, 6.45) is 0. The van der Waals surface area contributed by atoms with Gasteiger partial charge in [0.1, 0.15) is 5.82 Å². The van der Waals surface area contributed by atoms with Gasteiger partial charge in [-0.2, -0.15) is 9.97 Å². The summed E-state index contributed by atoms with van der Waals surface area (Å²) in [7, 11) is 0. The van der Waals surface area contributed by atoms with Crippen molar-refractivity contribution in [2.24, 2.45) is 0 Å². The van der Waals surface area contributed by atoms with Crippen LogP contribution in [0.2, 0.25) is 0 Å². The van der Waals surface area contributed by atoms with E-state index in [9.17, 15) is 0 Å². The average molecular weight is 838 g/mol. The highest BCUT2D eigenvalue weighted by Crippen LogP contribution is 2.45. The van der Waals surface area contributed by atoms with E-state index in [0.717, 1.165) is 77.7 Å². The molecule has 0 amide bonds. The lowest BCUT2D eigenvalue weighted by molar-refractivity contribution is 0.953. The Balaban J connectivity index is 1.08. The number of para-hydroxylation sites is 3. The van der Waals surface area contributed by atoms with Crippen LogP contribution < -0.4 is 4.90 Å². The summed E-state index contributed by atoms with van der Waals surface area (Å²) < 4.78 is 7.11. The first kappa shape index (κ1) is 36.2. The molecule has 0 atom stereocenters. The smallest absolute Gasteiger partial charge is 0.238 e. The van der Waals surface area contributed by atoms with Crippen LogP contribution in [0.5, 0.6) is 0 Å². The van der Waals surface area contributed by atoms with Gasteiger partial charge in [0.25, 0.3) is 0 Å². The van der Waals surface area contributed by atoms with Crippen molar-refractivity contribution in [1.29, 1.82) is 0 Å². The van der Waals surface area contributed by atoms with E-state index in [1.807, 2.05) is 72.0 Å². The lowest BCUT2D eigenvalue weighted by atomic mass is 10.1. The van der Waals surface area contributed by atoms with Crippen molar-refractivity contribution in [3.8, 4) is 34.4 Å². The molecule has 0 aliphatic carbocycles. The molecule has 0 spiro atoms. The molecule has 0 fully saturated rings. The highest BCUT2D eigenvalue weighted by Gasteiger charge is 2.24. The number of hydrogen-bond acceptors (Lipinski definition) is 6. The van der Waals surface area contributed by atoms with Crippen LogP contribution >= 0.6 is 11.3 Å². The summed E-state index contributed by atoms with van der Waals surface area (Å²) in [6.45, 7) is 0. The van der Waals surface area contributed by atoms with Crippen molar-refractivity contribution >= 4 is 92.4 Å². The maximum absolute atomic E-state index is 5.58. The minimum atomic E-state index is 0.563. The molecule has 0 radical (unpaired) electrons. The molecule has 0 aliphatic heterocycles. The SMILES string of the molecule is c1ccc(-c2nc(-c3ccccc3)nc(-n3c4ccccc4c4cc(-n5c6ccc(N(c7ccccc7)c7ccccc7)nc6c6ccc7sc8ccccc8c7c65)ccc43)n2)cc1. The highest BCUT2D eigenvalue weighted by molar-refractivity contribution is 7.26. The molecule has 13 rings (SSSR count). The minimum absolute atomic E-state index is 0.563. The summed E-state index contributed by atoms with van der Waals surface area (Å²) >= 11 is 1.83. The summed E-state index contributed by atoms with van der Waals surface area (Å²) in [4.78, 5) is 23.2. The van der Waals surface area contributed by atoms with Crippen LogP contribution in [0.3, 0.4) is 0 Å². The summed E-state index contributed by atoms with van der Waals surface area (Å²) in [5, 5.41) is 5.77. The normalized spacial score (nSPS) is 11.8. The third kappa shape index (κ3) is 5.73. The van der Waals surface area contributed by atoms with Gasteiger partial charge >= 0.3 is 0 Å². The van der Waals surface area contributed by atoms with Crippen molar-refractivity contribution in [3.05, 3.63) is 212 Å². The van der Waals surface area contributed by atoms with Gasteiger partial charge in [-0.05, 0) is 78.9 Å². The molecular formula is C56H35N7S. The molecule has 0 N–H and O–H groups in total. The zero-order valence-electron chi connectivity index (χ0n) is 34.2. The van der Waals surface area contributed by atoms with Crippen molar-refractivity contribution < 1.29 is 0 Å². The van der Waals surface area contributed by atoms with Gasteiger partial charge < -0.3 is 4.57 Å². The van der Waals surface area contributed by atoms with E-state index in [1.54, 1.807) is 0 Å². The first-order chi connectivity index (χ1) is 31.7. The van der Waals surface area contributed by atoms with Gasteiger partial charge in [-0.1, -0.05) is 133 Å². The third-order valence-electron chi connectivity index (χ3n) is 12.2. The lowest BCUT2D eigenvalue weighted by Gasteiger charge is -2.24. The molecule has 64 heavy (non-hydrogen) atoms. The molecule has 5 heterocycles. The van der Waals surface area contributed by atoms with Crippen molar-refractivity contribution in [2.75, 3.05) is 4.90 Å². The fourth-order valence-electron chi connectivity index (χ4n) is 9.34. The van der Waals surface area contributed by atoms with E-state index in [2.05, 4.69) is 166 Å². The minimum Gasteiger partial charge on any atom is -0.307 e. The second kappa shape index (κ2) is 14.6. The van der Waals surface area contributed by atoms with E-state index >= 15 is 0 Å². The largest absolute Gasteiger partial charge is 0.307 e. The van der Waals surface area contributed by atoms with Crippen LogP contribution in [0.15, 0.2) is 212 Å². The highest BCUT2D eigenvalue weighted by atomic mass is 32.1. The van der Waals surface area contributed by atoms with Gasteiger partial charge in [0, 0.05) is 64.5 Å². The number of aromatic nitrogens is 6. The van der Waals surface area contributed by atoms with Gasteiger partial charge in [-0.25, -0.2) is 9.97 Å². The summed E-state index contributed by atoms with van der Waals surface area (Å²) in [5.74, 6) is 2.65. The molecular weight excluding hydrogens is 803 g/mol. The molecule has 300 valence electrons. The number of fused-ring (bicyclic) bond motifs is 10. The predicted octanol–water partition coefficient (Wildman–Crippen LogP) is 14.6. The van der Waals surface area contributed by atoms with Gasteiger partial charge in [0.05, 0.1) is 27.6 Å². The molecule has 7 nitrogen and oxygen atoms in total. The quantitative estimate of drug-likeness (QED) is 0.160. The molecule has 0 saturated heterocycles. The van der Waals surface area contributed by atoms with E-state index in [4.69, 9.17) is 19.9 Å². The maximum atomic E-state index is 5.58. The number of rotatable bonds is 7. The monoisotopic (exact) mass is 837 g/mol. The van der Waals surface area contributed by atoms with E-state index in [-0.39, 0.29) is 0 Å². The zero-order chi connectivity index (χ0) is 42.1. The Hall–Kier alpha value is -8.46. The Kier molecular flexibility index (Phi) is 8.25. The number of benzene rings is 8. The predicted molar refractivity (Wildman–Crippen MR) is 265 cm³/mol. The zero-order valence-corrected chi connectivity index (χ0v) is 35.1. The van der Waals surface area contributed by atoms with Crippen LogP contribution in [-0.4, -0.2) is 29.1 Å². The molecule has 0 aliphatic rings. The lowest BCUT2D eigenvalue weighted by Crippen LogP contribution is -2.11. The Bertz CT molecular complexity index is 3800. The molecule has 8 heteroatoms. The van der Waals surface area contributed by atoms with E-state index in [0.29, 0.717) is 17.6 Å². The van der Waals surface area contributed by atoms with E-state index in [1.165, 1.54) is 20.2 Å². The molecule has 0 unspecified atom stereocenters. The average Bonchev–Trinajstić information content (AvgIpc) is 4.02. The fourth-order valence-corrected chi connectivity index (χ4v) is 10.4. The molecule has 5 aromatic heterocycles. The van der Waals surface area contributed by atoms with Crippen LogP contribution in [0.4, 0.5) is 17.2 Å². The van der Waals surface area contributed by atoms with Crippen LogP contribution in [-0.2, 0) is 0 Å². The fraction of sp³-hybridized carbons (Fsp3) is 0. The van der Waals surface area contributed by atoms with Crippen molar-refractivity contribution in [2.45, 2.75) is 0 Å². The van der Waals surface area contributed by atoms with Crippen LogP contribution in [0, 0.1) is 0 Å². The Morgan fingerprint density at radius 3 is 1.66 bits per heavy atom. The number of hydrogen-bond donors (Lipinski definition) is 0. The van der Waals surface area contributed by atoms with Gasteiger partial charge in [0.2, 0.25) is 5.95 Å². The first-order valence-electron chi connectivity index (χ1n) is 21.3. The van der Waals surface area contributed by atoms with Gasteiger partial charge in [0.15, 0.2) is 11.6 Å². The second-order valence-electron chi connectivity index (χ2n) is 15.9.